The Hall–Kier alpha value is -3.49. The number of carbonyl (C=O) groups is 2. The van der Waals surface area contributed by atoms with Gasteiger partial charge in [-0.05, 0) is 43.3 Å². The van der Waals surface area contributed by atoms with Crippen molar-refractivity contribution in [2.45, 2.75) is 13.0 Å². The highest BCUT2D eigenvalue weighted by atomic mass is 19.2. The van der Waals surface area contributed by atoms with Crippen molar-refractivity contribution in [3.63, 3.8) is 0 Å². The summed E-state index contributed by atoms with van der Waals surface area (Å²) in [5.74, 6) is -5.42. The molecule has 0 unspecified atom stereocenters. The van der Waals surface area contributed by atoms with Crippen molar-refractivity contribution in [1.82, 2.24) is 0 Å². The van der Waals surface area contributed by atoms with Gasteiger partial charge in [0.15, 0.2) is 23.6 Å². The summed E-state index contributed by atoms with van der Waals surface area (Å²) >= 11 is 0. The fourth-order valence-electron chi connectivity index (χ4n) is 2.25. The number of nitrogens with one attached hydrogen (secondary N) is 1. The molecule has 0 spiro atoms. The summed E-state index contributed by atoms with van der Waals surface area (Å²) < 4.78 is 55.0. The van der Waals surface area contributed by atoms with Gasteiger partial charge in [0, 0.05) is 11.6 Å². The third-order valence-corrected chi connectivity index (χ3v) is 3.79. The van der Waals surface area contributed by atoms with Crippen molar-refractivity contribution in [2.75, 3.05) is 19.5 Å². The summed E-state index contributed by atoms with van der Waals surface area (Å²) in [6.45, 7) is 1.24. The van der Waals surface area contributed by atoms with Gasteiger partial charge in [0.1, 0.15) is 11.5 Å². The molecular weight excluding hydrogens is 391 g/mol. The quantitative estimate of drug-likeness (QED) is 0.429. The first-order valence-electron chi connectivity index (χ1n) is 8.32. The topological polar surface area (TPSA) is 73.9 Å². The van der Waals surface area contributed by atoms with E-state index < -0.39 is 41.1 Å². The number of hydrogen-bond acceptors (Lipinski definition) is 5. The lowest BCUT2D eigenvalue weighted by Crippen LogP contribution is -2.29. The van der Waals surface area contributed by atoms with Crippen molar-refractivity contribution in [2.24, 2.45) is 0 Å². The third-order valence-electron chi connectivity index (χ3n) is 3.79. The smallest absolute Gasteiger partial charge is 0.331 e. The predicted octanol–water partition coefficient (Wildman–Crippen LogP) is 3.70. The van der Waals surface area contributed by atoms with Crippen LogP contribution in [0.2, 0.25) is 0 Å². The SMILES string of the molecule is COc1ccc(OC)c(/C=C/C(=O)O[C@@H](C)C(=O)Nc2ccc(F)c(F)c2F)c1. The van der Waals surface area contributed by atoms with Gasteiger partial charge in [0.25, 0.3) is 5.91 Å². The van der Waals surface area contributed by atoms with Crippen molar-refractivity contribution in [3.05, 3.63) is 59.4 Å². The first kappa shape index (κ1) is 21.8. The van der Waals surface area contributed by atoms with Gasteiger partial charge in [0.2, 0.25) is 0 Å². The van der Waals surface area contributed by atoms with E-state index in [9.17, 15) is 22.8 Å². The van der Waals surface area contributed by atoms with E-state index >= 15 is 0 Å². The molecule has 0 saturated heterocycles. The lowest BCUT2D eigenvalue weighted by molar-refractivity contribution is -0.148. The molecule has 154 valence electrons. The average Bonchev–Trinajstić information content (AvgIpc) is 2.72. The number of carbonyl (C=O) groups excluding carboxylic acids is 2. The minimum absolute atomic E-state index is 0.481. The van der Waals surface area contributed by atoms with Crippen molar-refractivity contribution in [3.8, 4) is 11.5 Å². The fraction of sp³-hybridized carbons (Fsp3) is 0.200. The van der Waals surface area contributed by atoms with E-state index in [4.69, 9.17) is 14.2 Å². The van der Waals surface area contributed by atoms with Crippen molar-refractivity contribution < 1.29 is 37.0 Å². The number of methoxy groups -OCH3 is 2. The van der Waals surface area contributed by atoms with Crippen LogP contribution in [0.1, 0.15) is 12.5 Å². The zero-order valence-corrected chi connectivity index (χ0v) is 15.8. The van der Waals surface area contributed by atoms with Crippen molar-refractivity contribution >= 4 is 23.6 Å². The van der Waals surface area contributed by atoms with Gasteiger partial charge in [-0.2, -0.15) is 0 Å². The zero-order valence-electron chi connectivity index (χ0n) is 15.8. The Labute approximate surface area is 164 Å². The average molecular weight is 409 g/mol. The van der Waals surface area contributed by atoms with Gasteiger partial charge in [0.05, 0.1) is 19.9 Å². The Bertz CT molecular complexity index is 946. The van der Waals surface area contributed by atoms with Gasteiger partial charge >= 0.3 is 5.97 Å². The Morgan fingerprint density at radius 3 is 2.41 bits per heavy atom. The maximum Gasteiger partial charge on any atom is 0.331 e. The second kappa shape index (κ2) is 9.63. The van der Waals surface area contributed by atoms with E-state index in [1.165, 1.54) is 27.2 Å². The molecule has 0 heterocycles. The molecule has 0 aromatic heterocycles. The van der Waals surface area contributed by atoms with Crippen LogP contribution < -0.4 is 14.8 Å². The standard InChI is InChI=1S/C20H18F3NO5/c1-11(20(26)24-15-7-6-14(21)18(22)19(15)23)29-17(25)9-4-12-10-13(27-2)5-8-16(12)28-3/h4-11H,1-3H3,(H,24,26)/b9-4+/t11-/m0/s1. The van der Waals surface area contributed by atoms with Gasteiger partial charge in [-0.3, -0.25) is 4.79 Å². The molecule has 0 saturated carbocycles. The van der Waals surface area contributed by atoms with Crippen LogP contribution in [0.15, 0.2) is 36.4 Å². The van der Waals surface area contributed by atoms with Crippen LogP contribution in [0.4, 0.5) is 18.9 Å². The summed E-state index contributed by atoms with van der Waals surface area (Å²) in [4.78, 5) is 24.0. The molecule has 0 bridgehead atoms. The summed E-state index contributed by atoms with van der Waals surface area (Å²) in [5, 5.41) is 2.03. The molecule has 0 fully saturated rings. The molecule has 1 atom stereocenters. The minimum Gasteiger partial charge on any atom is -0.497 e. The first-order chi connectivity index (χ1) is 13.8. The number of esters is 1. The number of halogens is 3. The largest absolute Gasteiger partial charge is 0.497 e. The second-order valence-electron chi connectivity index (χ2n) is 5.73. The van der Waals surface area contributed by atoms with Crippen LogP contribution in [-0.4, -0.2) is 32.2 Å². The number of amides is 1. The Morgan fingerprint density at radius 1 is 1.03 bits per heavy atom. The van der Waals surface area contributed by atoms with E-state index in [0.29, 0.717) is 23.1 Å². The number of hydrogen-bond donors (Lipinski definition) is 1. The van der Waals surface area contributed by atoms with Gasteiger partial charge < -0.3 is 19.5 Å². The number of rotatable bonds is 7. The predicted molar refractivity (Wildman–Crippen MR) is 99.1 cm³/mol. The number of ether oxygens (including phenoxy) is 3. The molecule has 0 aliphatic rings. The van der Waals surface area contributed by atoms with E-state index in [2.05, 4.69) is 0 Å². The highest BCUT2D eigenvalue weighted by Gasteiger charge is 2.20. The van der Waals surface area contributed by atoms with Crippen LogP contribution in [0, 0.1) is 17.5 Å². The molecule has 1 N–H and O–H groups in total. The second-order valence-corrected chi connectivity index (χ2v) is 5.73. The van der Waals surface area contributed by atoms with Gasteiger partial charge in [-0.25, -0.2) is 18.0 Å². The molecule has 9 heteroatoms. The lowest BCUT2D eigenvalue weighted by Gasteiger charge is -2.13. The molecule has 2 aromatic carbocycles. The Kier molecular flexibility index (Phi) is 7.24. The monoisotopic (exact) mass is 409 g/mol. The Morgan fingerprint density at radius 2 is 1.76 bits per heavy atom. The molecule has 29 heavy (non-hydrogen) atoms. The summed E-state index contributed by atoms with van der Waals surface area (Å²) in [5.41, 5.74) is -0.0433. The van der Waals surface area contributed by atoms with E-state index in [1.54, 1.807) is 18.2 Å². The zero-order chi connectivity index (χ0) is 21.6. The minimum atomic E-state index is -1.72. The fourth-order valence-corrected chi connectivity index (χ4v) is 2.25. The number of anilines is 1. The van der Waals surface area contributed by atoms with E-state index in [0.717, 1.165) is 12.1 Å². The normalized spacial score (nSPS) is 11.8. The summed E-state index contributed by atoms with van der Waals surface area (Å²) in [7, 11) is 2.95. The van der Waals surface area contributed by atoms with Crippen LogP contribution in [0.25, 0.3) is 6.08 Å². The molecular formula is C20H18F3NO5. The van der Waals surface area contributed by atoms with Crippen LogP contribution in [-0.2, 0) is 14.3 Å². The van der Waals surface area contributed by atoms with Gasteiger partial charge in [-0.15, -0.1) is 0 Å². The van der Waals surface area contributed by atoms with E-state index in [-0.39, 0.29) is 0 Å². The summed E-state index contributed by atoms with van der Waals surface area (Å²) in [6, 6.07) is 6.48. The molecule has 0 aliphatic carbocycles. The lowest BCUT2D eigenvalue weighted by atomic mass is 10.1. The summed E-state index contributed by atoms with van der Waals surface area (Å²) in [6.07, 6.45) is 1.15. The van der Waals surface area contributed by atoms with E-state index in [1.807, 2.05) is 5.32 Å². The highest BCUT2D eigenvalue weighted by Crippen LogP contribution is 2.25. The molecule has 1 amide bonds. The molecule has 2 rings (SSSR count). The van der Waals surface area contributed by atoms with Crippen LogP contribution >= 0.6 is 0 Å². The molecule has 2 aromatic rings. The molecule has 0 radical (unpaired) electrons. The maximum atomic E-state index is 13.6. The van der Waals surface area contributed by atoms with Gasteiger partial charge in [-0.1, -0.05) is 0 Å². The highest BCUT2D eigenvalue weighted by molar-refractivity contribution is 5.96. The van der Waals surface area contributed by atoms with Crippen LogP contribution in [0.5, 0.6) is 11.5 Å². The Balaban J connectivity index is 2.02. The van der Waals surface area contributed by atoms with Crippen molar-refractivity contribution in [1.29, 1.82) is 0 Å². The van der Waals surface area contributed by atoms with Crippen LogP contribution in [0.3, 0.4) is 0 Å². The number of benzene rings is 2. The molecule has 6 nitrogen and oxygen atoms in total. The first-order valence-corrected chi connectivity index (χ1v) is 8.32. The third kappa shape index (κ3) is 5.50. The molecule has 0 aliphatic heterocycles. The maximum absolute atomic E-state index is 13.6.